The Balaban J connectivity index is 1.45. The molecule has 3 rings (SSSR count). The Hall–Kier alpha value is -3.39. The second-order valence-electron chi connectivity index (χ2n) is 6.32. The van der Waals surface area contributed by atoms with Gasteiger partial charge in [-0.25, -0.2) is 4.79 Å². The fraction of sp³-hybridized carbons (Fsp3) is 0.211. The molecule has 0 saturated heterocycles. The molecule has 8 nitrogen and oxygen atoms in total. The van der Waals surface area contributed by atoms with Crippen LogP contribution in [0, 0.1) is 0 Å². The van der Waals surface area contributed by atoms with Crippen LogP contribution in [0.3, 0.4) is 0 Å². The van der Waals surface area contributed by atoms with E-state index < -0.39 is 0 Å². The molecule has 1 heterocycles. The van der Waals surface area contributed by atoms with E-state index in [1.54, 1.807) is 18.2 Å². The van der Waals surface area contributed by atoms with Gasteiger partial charge in [-0.05, 0) is 30.8 Å². The van der Waals surface area contributed by atoms with E-state index >= 15 is 0 Å². The second-order valence-corrected chi connectivity index (χ2v) is 6.32. The molecule has 0 atom stereocenters. The van der Waals surface area contributed by atoms with Gasteiger partial charge >= 0.3 is 5.69 Å². The third-order valence-electron chi connectivity index (χ3n) is 3.95. The summed E-state index contributed by atoms with van der Waals surface area (Å²) >= 11 is 0. The van der Waals surface area contributed by atoms with Gasteiger partial charge < -0.3 is 20.6 Å². The summed E-state index contributed by atoms with van der Waals surface area (Å²) in [6.45, 7) is 0.716. The summed E-state index contributed by atoms with van der Waals surface area (Å²) in [6, 6.07) is 14.9. The van der Waals surface area contributed by atoms with E-state index in [2.05, 4.69) is 20.6 Å². The van der Waals surface area contributed by atoms with Crippen LogP contribution in [0.1, 0.15) is 5.56 Å². The number of hydrogen-bond acceptors (Lipinski definition) is 4. The first-order valence-corrected chi connectivity index (χ1v) is 8.50. The van der Waals surface area contributed by atoms with Crippen molar-refractivity contribution in [2.45, 2.75) is 6.54 Å². The summed E-state index contributed by atoms with van der Waals surface area (Å²) < 4.78 is 0. The Kier molecular flexibility index (Phi) is 5.68. The number of imidazole rings is 1. The number of carbonyl (C=O) groups excluding carboxylic acids is 2. The van der Waals surface area contributed by atoms with Crippen LogP contribution in [0.25, 0.3) is 11.0 Å². The summed E-state index contributed by atoms with van der Waals surface area (Å²) in [5.74, 6) is -0.569. The standard InChI is InChI=1S/C19H21N5O3/c1-24(11-13-5-3-2-4-6-13)12-18(26)20-10-17(25)21-14-7-8-15-16(9-14)23-19(27)22-15/h2-9H,10-12H2,1H3,(H,20,26)(H,21,25)(H2,22,23,27). The predicted octanol–water partition coefficient (Wildman–Crippen LogP) is 1.04. The maximum Gasteiger partial charge on any atom is 0.323 e. The van der Waals surface area contributed by atoms with Crippen LogP contribution < -0.4 is 16.3 Å². The van der Waals surface area contributed by atoms with Gasteiger partial charge in [0.05, 0.1) is 24.1 Å². The van der Waals surface area contributed by atoms with E-state index in [1.165, 1.54) is 0 Å². The first-order valence-electron chi connectivity index (χ1n) is 8.50. The minimum Gasteiger partial charge on any atom is -0.346 e. The SMILES string of the molecule is CN(CC(=O)NCC(=O)Nc1ccc2[nH]c(=O)[nH]c2c1)Cc1ccccc1. The average molecular weight is 367 g/mol. The van der Waals surface area contributed by atoms with Gasteiger partial charge in [-0.1, -0.05) is 30.3 Å². The summed E-state index contributed by atoms with van der Waals surface area (Å²) in [5.41, 5.74) is 2.61. The van der Waals surface area contributed by atoms with Gasteiger partial charge in [0.25, 0.3) is 0 Å². The number of H-pyrrole nitrogens is 2. The highest BCUT2D eigenvalue weighted by Gasteiger charge is 2.10. The maximum atomic E-state index is 12.0. The van der Waals surface area contributed by atoms with Gasteiger partial charge in [-0.15, -0.1) is 0 Å². The van der Waals surface area contributed by atoms with Gasteiger partial charge in [-0.3, -0.25) is 14.5 Å². The smallest absolute Gasteiger partial charge is 0.323 e. The van der Waals surface area contributed by atoms with Crippen LogP contribution in [0.2, 0.25) is 0 Å². The Morgan fingerprint density at radius 2 is 1.74 bits per heavy atom. The Labute approximate surface area is 155 Å². The molecule has 0 aliphatic rings. The molecule has 1 aromatic heterocycles. The molecule has 0 bridgehead atoms. The number of anilines is 1. The fourth-order valence-corrected chi connectivity index (χ4v) is 2.75. The molecule has 140 valence electrons. The molecule has 0 spiro atoms. The summed E-state index contributed by atoms with van der Waals surface area (Å²) in [4.78, 5) is 42.4. The van der Waals surface area contributed by atoms with Gasteiger partial charge in [0, 0.05) is 12.2 Å². The van der Waals surface area contributed by atoms with Gasteiger partial charge in [0.15, 0.2) is 0 Å². The zero-order chi connectivity index (χ0) is 19.2. The second kappa shape index (κ2) is 8.33. The molecule has 0 radical (unpaired) electrons. The number of nitrogens with zero attached hydrogens (tertiary/aromatic N) is 1. The highest BCUT2D eigenvalue weighted by molar-refractivity contribution is 5.96. The summed E-state index contributed by atoms with van der Waals surface area (Å²) in [7, 11) is 1.85. The number of likely N-dealkylation sites (N-methyl/N-ethyl adjacent to an activating group) is 1. The monoisotopic (exact) mass is 367 g/mol. The normalized spacial score (nSPS) is 10.9. The third-order valence-corrected chi connectivity index (χ3v) is 3.95. The Morgan fingerprint density at radius 3 is 2.52 bits per heavy atom. The van der Waals surface area contributed by atoms with Crippen molar-refractivity contribution in [2.75, 3.05) is 25.5 Å². The molecule has 0 fully saturated rings. The molecule has 3 aromatic rings. The molecule has 0 saturated carbocycles. The number of fused-ring (bicyclic) bond motifs is 1. The predicted molar refractivity (Wildman–Crippen MR) is 103 cm³/mol. The molecule has 2 aromatic carbocycles. The lowest BCUT2D eigenvalue weighted by Gasteiger charge is -2.16. The van der Waals surface area contributed by atoms with E-state index in [4.69, 9.17) is 0 Å². The third kappa shape index (κ3) is 5.29. The number of aromatic amines is 2. The van der Waals surface area contributed by atoms with E-state index in [9.17, 15) is 14.4 Å². The molecular formula is C19H21N5O3. The van der Waals surface area contributed by atoms with Crippen molar-refractivity contribution in [2.24, 2.45) is 0 Å². The lowest BCUT2D eigenvalue weighted by atomic mass is 10.2. The number of carbonyl (C=O) groups is 2. The van der Waals surface area contributed by atoms with Crippen LogP contribution in [0.5, 0.6) is 0 Å². The number of amides is 2. The van der Waals surface area contributed by atoms with E-state index in [0.29, 0.717) is 23.3 Å². The number of rotatable bonds is 7. The first-order chi connectivity index (χ1) is 13.0. The van der Waals surface area contributed by atoms with Crippen molar-refractivity contribution in [3.63, 3.8) is 0 Å². The molecule has 0 aliphatic heterocycles. The number of benzene rings is 2. The zero-order valence-electron chi connectivity index (χ0n) is 14.9. The highest BCUT2D eigenvalue weighted by atomic mass is 16.2. The van der Waals surface area contributed by atoms with Crippen LogP contribution >= 0.6 is 0 Å². The van der Waals surface area contributed by atoms with E-state index in [0.717, 1.165) is 5.56 Å². The number of aromatic nitrogens is 2. The van der Waals surface area contributed by atoms with Crippen LogP contribution in [-0.4, -0.2) is 46.8 Å². The first kappa shape index (κ1) is 18.4. The van der Waals surface area contributed by atoms with Crippen molar-refractivity contribution in [1.82, 2.24) is 20.2 Å². The van der Waals surface area contributed by atoms with Crippen LogP contribution in [0.4, 0.5) is 5.69 Å². The van der Waals surface area contributed by atoms with E-state index in [1.807, 2.05) is 42.3 Å². The minimum atomic E-state index is -0.341. The van der Waals surface area contributed by atoms with Crippen LogP contribution in [-0.2, 0) is 16.1 Å². The van der Waals surface area contributed by atoms with Crippen molar-refractivity contribution in [1.29, 1.82) is 0 Å². The summed E-state index contributed by atoms with van der Waals surface area (Å²) in [5, 5.41) is 5.29. The zero-order valence-corrected chi connectivity index (χ0v) is 14.9. The topological polar surface area (TPSA) is 110 Å². The lowest BCUT2D eigenvalue weighted by Crippen LogP contribution is -2.39. The molecular weight excluding hydrogens is 346 g/mol. The average Bonchev–Trinajstić information content (AvgIpc) is 3.00. The quantitative estimate of drug-likeness (QED) is 0.500. The highest BCUT2D eigenvalue weighted by Crippen LogP contribution is 2.14. The maximum absolute atomic E-state index is 12.0. The minimum absolute atomic E-state index is 0.125. The summed E-state index contributed by atoms with van der Waals surface area (Å²) in [6.07, 6.45) is 0. The van der Waals surface area contributed by atoms with Gasteiger partial charge in [0.1, 0.15) is 0 Å². The van der Waals surface area contributed by atoms with Crippen molar-refractivity contribution in [3.8, 4) is 0 Å². The van der Waals surface area contributed by atoms with Gasteiger partial charge in [0.2, 0.25) is 11.8 Å². The van der Waals surface area contributed by atoms with E-state index in [-0.39, 0.29) is 30.6 Å². The lowest BCUT2D eigenvalue weighted by molar-refractivity contribution is -0.124. The fourth-order valence-electron chi connectivity index (χ4n) is 2.75. The van der Waals surface area contributed by atoms with Crippen molar-refractivity contribution in [3.05, 3.63) is 64.6 Å². The van der Waals surface area contributed by atoms with Crippen molar-refractivity contribution < 1.29 is 9.59 Å². The van der Waals surface area contributed by atoms with Gasteiger partial charge in [-0.2, -0.15) is 0 Å². The molecule has 0 aliphatic carbocycles. The Bertz CT molecular complexity index is 993. The molecule has 4 N–H and O–H groups in total. The molecule has 0 unspecified atom stereocenters. The number of hydrogen-bond donors (Lipinski definition) is 4. The number of nitrogens with one attached hydrogen (secondary N) is 4. The molecule has 27 heavy (non-hydrogen) atoms. The molecule has 2 amide bonds. The largest absolute Gasteiger partial charge is 0.346 e. The molecule has 8 heteroatoms. The Morgan fingerprint density at radius 1 is 1.00 bits per heavy atom. The van der Waals surface area contributed by atoms with Crippen molar-refractivity contribution >= 4 is 28.5 Å². The van der Waals surface area contributed by atoms with Crippen LogP contribution in [0.15, 0.2) is 53.3 Å².